The van der Waals surface area contributed by atoms with Crippen LogP contribution in [-0.4, -0.2) is 54.5 Å². The van der Waals surface area contributed by atoms with Gasteiger partial charge in [-0.3, -0.25) is 9.69 Å². The molecule has 1 heterocycles. The van der Waals surface area contributed by atoms with Crippen LogP contribution in [0.3, 0.4) is 0 Å². The maximum atomic E-state index is 11.6. The first-order valence-corrected chi connectivity index (χ1v) is 4.93. The normalized spacial score (nSPS) is 18.4. The zero-order valence-electron chi connectivity index (χ0n) is 8.49. The largest absolute Gasteiger partial charge is 0.342 e. The van der Waals surface area contributed by atoms with Gasteiger partial charge in [-0.25, -0.2) is 0 Å². The smallest absolute Gasteiger partial charge is 0.236 e. The summed E-state index contributed by atoms with van der Waals surface area (Å²) >= 11 is 0. The van der Waals surface area contributed by atoms with Crippen LogP contribution in [0.1, 0.15) is 13.8 Å². The van der Waals surface area contributed by atoms with E-state index in [1.165, 1.54) is 0 Å². The van der Waals surface area contributed by atoms with Gasteiger partial charge in [0.15, 0.2) is 0 Å². The molecule has 0 aromatic carbocycles. The summed E-state index contributed by atoms with van der Waals surface area (Å²) in [7, 11) is 0. The zero-order chi connectivity index (χ0) is 9.84. The van der Waals surface area contributed by atoms with Crippen molar-refractivity contribution in [2.24, 2.45) is 5.73 Å². The van der Waals surface area contributed by atoms with Gasteiger partial charge in [-0.05, 0) is 13.8 Å². The van der Waals surface area contributed by atoms with Crippen LogP contribution in [0.4, 0.5) is 0 Å². The lowest BCUT2D eigenvalue weighted by molar-refractivity contribution is -0.133. The molecule has 76 valence electrons. The number of carbonyl (C=O) groups excluding carboxylic acids is 1. The minimum atomic E-state index is 0.219. The van der Waals surface area contributed by atoms with Crippen LogP contribution in [0, 0.1) is 0 Å². The Balaban J connectivity index is 2.24. The van der Waals surface area contributed by atoms with E-state index >= 15 is 0 Å². The average Bonchev–Trinajstić information content (AvgIpc) is 2.04. The Hall–Kier alpha value is -0.610. The van der Waals surface area contributed by atoms with Crippen LogP contribution >= 0.6 is 0 Å². The summed E-state index contributed by atoms with van der Waals surface area (Å²) in [6, 6.07) is 0.282. The Morgan fingerprint density at radius 3 is 2.38 bits per heavy atom. The van der Waals surface area contributed by atoms with E-state index in [1.54, 1.807) is 0 Å². The molecule has 0 aromatic heterocycles. The van der Waals surface area contributed by atoms with E-state index < -0.39 is 0 Å². The molecule has 0 spiro atoms. The van der Waals surface area contributed by atoms with Crippen LogP contribution in [0.25, 0.3) is 0 Å². The van der Waals surface area contributed by atoms with Crippen LogP contribution in [0.5, 0.6) is 0 Å². The van der Waals surface area contributed by atoms with Crippen molar-refractivity contribution in [3.05, 3.63) is 0 Å². The predicted octanol–water partition coefficient (Wildman–Crippen LogP) is -0.502. The van der Waals surface area contributed by atoms with Gasteiger partial charge in [-0.15, -0.1) is 0 Å². The van der Waals surface area contributed by atoms with E-state index in [9.17, 15) is 4.79 Å². The van der Waals surface area contributed by atoms with Gasteiger partial charge in [0.05, 0.1) is 6.54 Å². The number of hydrogen-bond donors (Lipinski definition) is 1. The van der Waals surface area contributed by atoms with Crippen molar-refractivity contribution < 1.29 is 4.79 Å². The average molecular weight is 185 g/mol. The molecule has 1 aliphatic rings. The van der Waals surface area contributed by atoms with Crippen molar-refractivity contribution >= 4 is 5.91 Å². The fourth-order valence-electron chi connectivity index (χ4n) is 1.61. The molecule has 13 heavy (non-hydrogen) atoms. The van der Waals surface area contributed by atoms with Gasteiger partial charge >= 0.3 is 0 Å². The number of nitrogens with zero attached hydrogens (tertiary/aromatic N) is 2. The number of nitrogens with two attached hydrogens (primary N) is 1. The molecule has 1 fully saturated rings. The standard InChI is InChI=1S/C9H19N3O/c1-3-12(4-2)9(13)7-11-5-8(10)6-11/h8H,3-7,10H2,1-2H3. The fraction of sp³-hybridized carbons (Fsp3) is 0.889. The number of amides is 1. The van der Waals surface area contributed by atoms with Gasteiger partial charge in [0.1, 0.15) is 0 Å². The molecule has 0 aromatic rings. The molecule has 1 amide bonds. The van der Waals surface area contributed by atoms with Crippen molar-refractivity contribution in [1.82, 2.24) is 9.80 Å². The third-order valence-corrected chi connectivity index (χ3v) is 2.46. The van der Waals surface area contributed by atoms with Crippen LogP contribution in [0.15, 0.2) is 0 Å². The molecule has 0 unspecified atom stereocenters. The van der Waals surface area contributed by atoms with Gasteiger partial charge in [0.25, 0.3) is 0 Å². The van der Waals surface area contributed by atoms with Crippen LogP contribution in [-0.2, 0) is 4.79 Å². The maximum absolute atomic E-state index is 11.6. The number of likely N-dealkylation sites (tertiary alicyclic amines) is 1. The maximum Gasteiger partial charge on any atom is 0.236 e. The van der Waals surface area contributed by atoms with E-state index in [2.05, 4.69) is 4.90 Å². The van der Waals surface area contributed by atoms with Gasteiger partial charge < -0.3 is 10.6 Å². The second-order valence-electron chi connectivity index (χ2n) is 3.52. The van der Waals surface area contributed by atoms with Crippen LogP contribution in [0.2, 0.25) is 0 Å². The Kier molecular flexibility index (Phi) is 3.69. The van der Waals surface area contributed by atoms with Crippen molar-refractivity contribution in [2.45, 2.75) is 19.9 Å². The van der Waals surface area contributed by atoms with Gasteiger partial charge in [-0.2, -0.15) is 0 Å². The van der Waals surface area contributed by atoms with Gasteiger partial charge in [0, 0.05) is 32.2 Å². The summed E-state index contributed by atoms with van der Waals surface area (Å²) in [4.78, 5) is 15.5. The quantitative estimate of drug-likeness (QED) is 0.642. The minimum Gasteiger partial charge on any atom is -0.342 e. The SMILES string of the molecule is CCN(CC)C(=O)CN1CC(N)C1. The molecule has 1 aliphatic heterocycles. The molecule has 1 rings (SSSR count). The highest BCUT2D eigenvalue weighted by atomic mass is 16.2. The molecule has 0 radical (unpaired) electrons. The second kappa shape index (κ2) is 4.58. The lowest BCUT2D eigenvalue weighted by Crippen LogP contribution is -2.58. The van der Waals surface area contributed by atoms with Crippen LogP contribution < -0.4 is 5.73 Å². The third-order valence-electron chi connectivity index (χ3n) is 2.46. The molecular formula is C9H19N3O. The van der Waals surface area contributed by atoms with E-state index in [1.807, 2.05) is 18.7 Å². The lowest BCUT2D eigenvalue weighted by Gasteiger charge is -2.37. The third kappa shape index (κ3) is 2.67. The summed E-state index contributed by atoms with van der Waals surface area (Å²) in [6.45, 7) is 7.88. The summed E-state index contributed by atoms with van der Waals surface area (Å²) in [5.74, 6) is 0.219. The number of hydrogen-bond acceptors (Lipinski definition) is 3. The Bertz CT molecular complexity index is 174. The minimum absolute atomic E-state index is 0.219. The van der Waals surface area contributed by atoms with E-state index in [0.29, 0.717) is 6.54 Å². The predicted molar refractivity (Wildman–Crippen MR) is 52.3 cm³/mol. The number of likely N-dealkylation sites (N-methyl/N-ethyl adjacent to an activating group) is 1. The Morgan fingerprint density at radius 2 is 2.00 bits per heavy atom. The summed E-state index contributed by atoms with van der Waals surface area (Å²) in [5.41, 5.74) is 5.62. The lowest BCUT2D eigenvalue weighted by atomic mass is 10.1. The summed E-state index contributed by atoms with van der Waals surface area (Å²) in [5, 5.41) is 0. The second-order valence-corrected chi connectivity index (χ2v) is 3.52. The van der Waals surface area contributed by atoms with Crippen molar-refractivity contribution in [3.63, 3.8) is 0 Å². The number of rotatable bonds is 4. The first-order valence-electron chi connectivity index (χ1n) is 4.93. The highest BCUT2D eigenvalue weighted by Gasteiger charge is 2.25. The Morgan fingerprint density at radius 1 is 1.46 bits per heavy atom. The zero-order valence-corrected chi connectivity index (χ0v) is 8.49. The molecule has 2 N–H and O–H groups in total. The first kappa shape index (κ1) is 10.5. The molecule has 4 heteroatoms. The fourth-order valence-corrected chi connectivity index (χ4v) is 1.61. The van der Waals surface area contributed by atoms with Crippen molar-refractivity contribution in [3.8, 4) is 0 Å². The molecule has 0 bridgehead atoms. The monoisotopic (exact) mass is 185 g/mol. The molecular weight excluding hydrogens is 166 g/mol. The molecule has 4 nitrogen and oxygen atoms in total. The van der Waals surface area contributed by atoms with E-state index in [0.717, 1.165) is 26.2 Å². The topological polar surface area (TPSA) is 49.6 Å². The van der Waals surface area contributed by atoms with Gasteiger partial charge in [-0.1, -0.05) is 0 Å². The number of carbonyl (C=O) groups is 1. The van der Waals surface area contributed by atoms with Gasteiger partial charge in [0.2, 0.25) is 5.91 Å². The Labute approximate surface area is 79.7 Å². The highest BCUT2D eigenvalue weighted by molar-refractivity contribution is 5.78. The molecule has 0 atom stereocenters. The van der Waals surface area contributed by atoms with Crippen molar-refractivity contribution in [1.29, 1.82) is 0 Å². The van der Waals surface area contributed by atoms with Crippen molar-refractivity contribution in [2.75, 3.05) is 32.7 Å². The molecule has 1 saturated heterocycles. The molecule has 0 aliphatic carbocycles. The summed E-state index contributed by atoms with van der Waals surface area (Å²) in [6.07, 6.45) is 0. The van der Waals surface area contributed by atoms with E-state index in [4.69, 9.17) is 5.73 Å². The van der Waals surface area contributed by atoms with E-state index in [-0.39, 0.29) is 11.9 Å². The molecule has 0 saturated carbocycles. The summed E-state index contributed by atoms with van der Waals surface area (Å²) < 4.78 is 0. The highest BCUT2D eigenvalue weighted by Crippen LogP contribution is 2.05. The first-order chi connectivity index (χ1) is 6.17.